The van der Waals surface area contributed by atoms with Gasteiger partial charge in [0.05, 0.1) is 0 Å². The summed E-state index contributed by atoms with van der Waals surface area (Å²) in [6.07, 6.45) is 10.4. The maximum absolute atomic E-state index is 13.7. The van der Waals surface area contributed by atoms with Gasteiger partial charge in [0.25, 0.3) is 0 Å². The quantitative estimate of drug-likeness (QED) is 0.480. The Morgan fingerprint density at radius 1 is 0.906 bits per heavy atom. The number of fused-ring (bicyclic) bond motifs is 1. The first-order chi connectivity index (χ1) is 15.7. The molecule has 2 heterocycles. The van der Waals surface area contributed by atoms with Crippen LogP contribution < -0.4 is 4.90 Å². The first-order valence-corrected chi connectivity index (χ1v) is 13.4. The first-order valence-electron chi connectivity index (χ1n) is 12.6. The SMILES string of the molecule is O=C(C1CCCCC1)N1c2ccccc2CCC1CN1CCC(c2cccc(Br)c2)CC1. The molecule has 3 nitrogen and oxygen atoms in total. The third-order valence-corrected chi connectivity index (χ3v) is 8.42. The molecule has 0 N–H and O–H groups in total. The molecule has 0 bridgehead atoms. The van der Waals surface area contributed by atoms with Gasteiger partial charge in [-0.15, -0.1) is 0 Å². The number of hydrogen-bond donors (Lipinski definition) is 0. The summed E-state index contributed by atoms with van der Waals surface area (Å²) in [6, 6.07) is 17.7. The summed E-state index contributed by atoms with van der Waals surface area (Å²) in [4.78, 5) is 18.6. The number of hydrogen-bond acceptors (Lipinski definition) is 2. The van der Waals surface area contributed by atoms with Gasteiger partial charge in [-0.3, -0.25) is 4.79 Å². The Bertz CT molecular complexity index is 931. The standard InChI is InChI=1S/C28H35BrN2O/c29-25-11-6-10-24(19-25)21-15-17-30(18-16-21)20-26-14-13-22-7-4-5-12-27(22)31(26)28(32)23-8-2-1-3-9-23/h4-7,10-12,19,21,23,26H,1-3,8-9,13-18,20H2. The Hall–Kier alpha value is -1.65. The van der Waals surface area contributed by atoms with Gasteiger partial charge < -0.3 is 9.80 Å². The average Bonchev–Trinajstić information content (AvgIpc) is 2.84. The largest absolute Gasteiger partial charge is 0.308 e. The maximum Gasteiger partial charge on any atom is 0.230 e. The van der Waals surface area contributed by atoms with E-state index in [0.29, 0.717) is 17.9 Å². The van der Waals surface area contributed by atoms with Crippen LogP contribution in [-0.2, 0) is 11.2 Å². The van der Waals surface area contributed by atoms with Crippen molar-refractivity contribution in [1.82, 2.24) is 4.90 Å². The third kappa shape index (κ3) is 4.82. The highest BCUT2D eigenvalue weighted by atomic mass is 79.9. The molecule has 1 amide bonds. The molecule has 0 aromatic heterocycles. The van der Waals surface area contributed by atoms with E-state index in [1.807, 2.05) is 0 Å². The average molecular weight is 496 g/mol. The highest BCUT2D eigenvalue weighted by Gasteiger charge is 2.36. The van der Waals surface area contributed by atoms with E-state index in [9.17, 15) is 4.79 Å². The van der Waals surface area contributed by atoms with Crippen LogP contribution in [0.2, 0.25) is 0 Å². The molecule has 1 aliphatic carbocycles. The number of anilines is 1. The highest BCUT2D eigenvalue weighted by Crippen LogP contribution is 2.36. The predicted octanol–water partition coefficient (Wildman–Crippen LogP) is 6.56. The number of likely N-dealkylation sites (tertiary alicyclic amines) is 1. The fourth-order valence-corrected chi connectivity index (χ4v) is 6.55. The minimum absolute atomic E-state index is 0.222. The van der Waals surface area contributed by atoms with Gasteiger partial charge in [0, 0.05) is 28.7 Å². The number of para-hydroxylation sites is 1. The molecular formula is C28H35BrN2O. The maximum atomic E-state index is 13.7. The van der Waals surface area contributed by atoms with Gasteiger partial charge in [0.15, 0.2) is 0 Å². The molecule has 2 aliphatic heterocycles. The molecule has 170 valence electrons. The normalized spacial score (nSPS) is 23.2. The van der Waals surface area contributed by atoms with E-state index in [-0.39, 0.29) is 5.92 Å². The van der Waals surface area contributed by atoms with Crippen molar-refractivity contribution in [1.29, 1.82) is 0 Å². The topological polar surface area (TPSA) is 23.6 Å². The molecule has 1 atom stereocenters. The fourth-order valence-electron chi connectivity index (χ4n) is 6.13. The van der Waals surface area contributed by atoms with Gasteiger partial charge in [-0.05, 0) is 86.9 Å². The van der Waals surface area contributed by atoms with Gasteiger partial charge in [-0.1, -0.05) is 65.5 Å². The monoisotopic (exact) mass is 494 g/mol. The van der Waals surface area contributed by atoms with Crippen molar-refractivity contribution in [2.75, 3.05) is 24.5 Å². The zero-order valence-electron chi connectivity index (χ0n) is 19.0. The predicted molar refractivity (Wildman–Crippen MR) is 135 cm³/mol. The molecule has 3 aliphatic rings. The van der Waals surface area contributed by atoms with E-state index in [1.54, 1.807) is 0 Å². The van der Waals surface area contributed by atoms with E-state index < -0.39 is 0 Å². The summed E-state index contributed by atoms with van der Waals surface area (Å²) in [5.41, 5.74) is 3.99. The van der Waals surface area contributed by atoms with E-state index in [0.717, 1.165) is 45.3 Å². The Balaban J connectivity index is 1.28. The van der Waals surface area contributed by atoms with Crippen LogP contribution in [0, 0.1) is 5.92 Å². The molecule has 2 fully saturated rings. The first kappa shape index (κ1) is 22.2. The molecule has 1 unspecified atom stereocenters. The minimum Gasteiger partial charge on any atom is -0.308 e. The molecule has 1 saturated heterocycles. The lowest BCUT2D eigenvalue weighted by molar-refractivity contribution is -0.124. The van der Waals surface area contributed by atoms with Crippen LogP contribution in [0.5, 0.6) is 0 Å². The summed E-state index contributed by atoms with van der Waals surface area (Å²) < 4.78 is 1.18. The zero-order chi connectivity index (χ0) is 21.9. The van der Waals surface area contributed by atoms with Crippen molar-refractivity contribution >= 4 is 27.5 Å². The van der Waals surface area contributed by atoms with E-state index >= 15 is 0 Å². The van der Waals surface area contributed by atoms with Crippen LogP contribution in [0.4, 0.5) is 5.69 Å². The minimum atomic E-state index is 0.222. The third-order valence-electron chi connectivity index (χ3n) is 7.93. The van der Waals surface area contributed by atoms with Crippen LogP contribution in [0.3, 0.4) is 0 Å². The van der Waals surface area contributed by atoms with Crippen LogP contribution in [0.1, 0.15) is 68.4 Å². The zero-order valence-corrected chi connectivity index (χ0v) is 20.6. The number of amides is 1. The van der Waals surface area contributed by atoms with Crippen molar-refractivity contribution in [2.45, 2.75) is 69.7 Å². The van der Waals surface area contributed by atoms with Crippen LogP contribution in [0.15, 0.2) is 53.0 Å². The second kappa shape index (κ2) is 10.1. The number of benzene rings is 2. The lowest BCUT2D eigenvalue weighted by atomic mass is 9.85. The number of aryl methyl sites for hydroxylation is 1. The van der Waals surface area contributed by atoms with Gasteiger partial charge in [-0.2, -0.15) is 0 Å². The lowest BCUT2D eigenvalue weighted by Crippen LogP contribution is -2.52. The number of halogens is 1. The summed E-state index contributed by atoms with van der Waals surface area (Å²) in [7, 11) is 0. The number of rotatable bonds is 4. The molecule has 2 aromatic carbocycles. The molecule has 4 heteroatoms. The van der Waals surface area contributed by atoms with Gasteiger partial charge in [0.1, 0.15) is 0 Å². The van der Waals surface area contributed by atoms with Gasteiger partial charge >= 0.3 is 0 Å². The number of carbonyl (C=O) groups excluding carboxylic acids is 1. The molecule has 32 heavy (non-hydrogen) atoms. The van der Waals surface area contributed by atoms with Crippen molar-refractivity contribution in [3.63, 3.8) is 0 Å². The van der Waals surface area contributed by atoms with Crippen LogP contribution >= 0.6 is 15.9 Å². The van der Waals surface area contributed by atoms with Crippen LogP contribution in [-0.4, -0.2) is 36.5 Å². The number of carbonyl (C=O) groups is 1. The summed E-state index contributed by atoms with van der Waals surface area (Å²) >= 11 is 3.62. The van der Waals surface area contributed by atoms with Gasteiger partial charge in [0.2, 0.25) is 5.91 Å². The van der Waals surface area contributed by atoms with E-state index in [2.05, 4.69) is 74.3 Å². The lowest BCUT2D eigenvalue weighted by Gasteiger charge is -2.43. The fraction of sp³-hybridized carbons (Fsp3) is 0.536. The molecule has 5 rings (SSSR count). The van der Waals surface area contributed by atoms with Crippen molar-refractivity contribution in [2.24, 2.45) is 5.92 Å². The van der Waals surface area contributed by atoms with Gasteiger partial charge in [-0.25, -0.2) is 0 Å². The van der Waals surface area contributed by atoms with E-state index in [4.69, 9.17) is 0 Å². The molecule has 1 saturated carbocycles. The molecule has 2 aromatic rings. The number of piperidine rings is 1. The summed E-state index contributed by atoms with van der Waals surface area (Å²) in [5.74, 6) is 1.27. The molecular weight excluding hydrogens is 460 g/mol. The summed E-state index contributed by atoms with van der Waals surface area (Å²) in [5, 5.41) is 0. The van der Waals surface area contributed by atoms with Crippen molar-refractivity contribution < 1.29 is 4.79 Å². The van der Waals surface area contributed by atoms with Crippen molar-refractivity contribution in [3.05, 3.63) is 64.1 Å². The second-order valence-corrected chi connectivity index (χ2v) is 10.9. The van der Waals surface area contributed by atoms with Crippen molar-refractivity contribution in [3.8, 4) is 0 Å². The second-order valence-electron chi connectivity index (χ2n) is 9.99. The Labute approximate surface area is 201 Å². The smallest absolute Gasteiger partial charge is 0.230 e. The number of nitrogens with zero attached hydrogens (tertiary/aromatic N) is 2. The Morgan fingerprint density at radius 3 is 2.47 bits per heavy atom. The van der Waals surface area contributed by atoms with E-state index in [1.165, 1.54) is 53.4 Å². The summed E-state index contributed by atoms with van der Waals surface area (Å²) in [6.45, 7) is 3.26. The highest BCUT2D eigenvalue weighted by molar-refractivity contribution is 9.10. The Morgan fingerprint density at radius 2 is 1.69 bits per heavy atom. The molecule has 0 radical (unpaired) electrons. The molecule has 0 spiro atoms. The van der Waals surface area contributed by atoms with Crippen LogP contribution in [0.25, 0.3) is 0 Å². The Kier molecular flexibility index (Phi) is 6.99.